The zero-order valence-electron chi connectivity index (χ0n) is 14.3. The Hall–Kier alpha value is -2.14. The number of carbonyl (C=O) groups excluding carboxylic acids is 1. The van der Waals surface area contributed by atoms with E-state index in [1.807, 2.05) is 36.9 Å². The average molecular weight is 328 g/mol. The number of hydrogen-bond donors (Lipinski definition) is 0. The lowest BCUT2D eigenvalue weighted by Crippen LogP contribution is -2.45. The molecule has 1 aromatic carbocycles. The van der Waals surface area contributed by atoms with Gasteiger partial charge >= 0.3 is 0 Å². The number of aryl methyl sites for hydroxylation is 1. The molecule has 3 rings (SSSR count). The van der Waals surface area contributed by atoms with Crippen molar-refractivity contribution in [3.8, 4) is 0 Å². The van der Waals surface area contributed by atoms with Crippen LogP contribution in [0.3, 0.4) is 0 Å². The summed E-state index contributed by atoms with van der Waals surface area (Å²) in [6, 6.07) is 12.1. The maximum Gasteiger partial charge on any atom is 0.276 e. The van der Waals surface area contributed by atoms with E-state index in [2.05, 4.69) is 17.3 Å². The second-order valence-electron chi connectivity index (χ2n) is 6.54. The van der Waals surface area contributed by atoms with Gasteiger partial charge in [-0.05, 0) is 18.4 Å². The number of hydrogen-bond acceptors (Lipinski definition) is 4. The summed E-state index contributed by atoms with van der Waals surface area (Å²) in [6.07, 6.45) is 1.93. The maximum absolute atomic E-state index is 12.6. The molecule has 1 saturated heterocycles. The first-order chi connectivity index (χ1) is 11.6. The third-order valence-electron chi connectivity index (χ3n) is 4.34. The van der Waals surface area contributed by atoms with Gasteiger partial charge < -0.3 is 14.2 Å². The van der Waals surface area contributed by atoms with E-state index in [4.69, 9.17) is 9.26 Å². The van der Waals surface area contributed by atoms with Crippen LogP contribution in [0, 0.1) is 0 Å². The number of ether oxygens (including phenoxy) is 1. The van der Waals surface area contributed by atoms with Gasteiger partial charge in [0.25, 0.3) is 5.91 Å². The van der Waals surface area contributed by atoms with E-state index >= 15 is 0 Å². The molecule has 128 valence electrons. The third-order valence-corrected chi connectivity index (χ3v) is 4.34. The van der Waals surface area contributed by atoms with Crippen LogP contribution in [0.2, 0.25) is 0 Å². The standard InChI is InChI=1S/C19H24N2O3/c1-14(2)18-12-17(20-24-18)19(22)21-10-11-23-16(13-21)9-8-15-6-4-3-5-7-15/h3-7,12,14,16H,8-11,13H2,1-2H3. The molecule has 0 bridgehead atoms. The van der Waals surface area contributed by atoms with E-state index in [-0.39, 0.29) is 17.9 Å². The van der Waals surface area contributed by atoms with Gasteiger partial charge in [0, 0.05) is 25.1 Å². The molecule has 0 spiro atoms. The van der Waals surface area contributed by atoms with E-state index in [0.29, 0.717) is 25.4 Å². The van der Waals surface area contributed by atoms with Crippen molar-refractivity contribution in [2.75, 3.05) is 19.7 Å². The van der Waals surface area contributed by atoms with Crippen molar-refractivity contribution in [1.29, 1.82) is 0 Å². The predicted molar refractivity (Wildman–Crippen MR) is 91.0 cm³/mol. The zero-order chi connectivity index (χ0) is 16.9. The van der Waals surface area contributed by atoms with Crippen LogP contribution in [0.1, 0.15) is 48.0 Å². The smallest absolute Gasteiger partial charge is 0.276 e. The van der Waals surface area contributed by atoms with Gasteiger partial charge in [0.1, 0.15) is 5.76 Å². The molecule has 0 N–H and O–H groups in total. The van der Waals surface area contributed by atoms with Crippen LogP contribution in [0.25, 0.3) is 0 Å². The molecule has 1 aliphatic rings. The summed E-state index contributed by atoms with van der Waals surface area (Å²) in [5, 5.41) is 3.92. The summed E-state index contributed by atoms with van der Waals surface area (Å²) in [4.78, 5) is 14.4. The molecule has 5 nitrogen and oxygen atoms in total. The highest BCUT2D eigenvalue weighted by Gasteiger charge is 2.27. The molecule has 1 aliphatic heterocycles. The number of amides is 1. The topological polar surface area (TPSA) is 55.6 Å². The SMILES string of the molecule is CC(C)c1cc(C(=O)N2CCOC(CCc3ccccc3)C2)no1. The zero-order valence-corrected chi connectivity index (χ0v) is 14.3. The number of benzene rings is 1. The molecule has 2 aromatic rings. The van der Waals surface area contributed by atoms with E-state index in [1.165, 1.54) is 5.56 Å². The Morgan fingerprint density at radius 3 is 2.83 bits per heavy atom. The maximum atomic E-state index is 12.6. The lowest BCUT2D eigenvalue weighted by molar-refractivity contribution is -0.0249. The second kappa shape index (κ2) is 7.62. The van der Waals surface area contributed by atoms with Crippen LogP contribution < -0.4 is 0 Å². The lowest BCUT2D eigenvalue weighted by Gasteiger charge is -2.32. The Balaban J connectivity index is 1.57. The van der Waals surface area contributed by atoms with Crippen LogP contribution in [-0.2, 0) is 11.2 Å². The van der Waals surface area contributed by atoms with Gasteiger partial charge in [0.05, 0.1) is 12.7 Å². The van der Waals surface area contributed by atoms with Crippen molar-refractivity contribution in [3.63, 3.8) is 0 Å². The molecule has 24 heavy (non-hydrogen) atoms. The Morgan fingerprint density at radius 2 is 2.12 bits per heavy atom. The normalized spacial score (nSPS) is 18.1. The van der Waals surface area contributed by atoms with Crippen molar-refractivity contribution < 1.29 is 14.1 Å². The van der Waals surface area contributed by atoms with E-state index < -0.39 is 0 Å². The Bertz CT molecular complexity index is 666. The summed E-state index contributed by atoms with van der Waals surface area (Å²) in [5.74, 6) is 0.897. The molecule has 1 aromatic heterocycles. The molecule has 0 saturated carbocycles. The average Bonchev–Trinajstić information content (AvgIpc) is 3.11. The molecule has 5 heteroatoms. The summed E-state index contributed by atoms with van der Waals surface area (Å²) >= 11 is 0. The number of carbonyl (C=O) groups is 1. The Morgan fingerprint density at radius 1 is 1.33 bits per heavy atom. The Labute approximate surface area is 142 Å². The molecule has 1 unspecified atom stereocenters. The summed E-state index contributed by atoms with van der Waals surface area (Å²) in [5.41, 5.74) is 1.69. The number of aromatic nitrogens is 1. The van der Waals surface area contributed by atoms with E-state index in [0.717, 1.165) is 18.6 Å². The van der Waals surface area contributed by atoms with E-state index in [1.54, 1.807) is 6.07 Å². The van der Waals surface area contributed by atoms with Gasteiger partial charge in [-0.25, -0.2) is 0 Å². The monoisotopic (exact) mass is 328 g/mol. The predicted octanol–water partition coefficient (Wildman–Crippen LogP) is 3.27. The van der Waals surface area contributed by atoms with E-state index in [9.17, 15) is 4.79 Å². The highest BCUT2D eigenvalue weighted by molar-refractivity contribution is 5.92. The van der Waals surface area contributed by atoms with Crippen LogP contribution in [0.5, 0.6) is 0 Å². The van der Waals surface area contributed by atoms with Crippen molar-refractivity contribution in [1.82, 2.24) is 10.1 Å². The second-order valence-corrected chi connectivity index (χ2v) is 6.54. The van der Waals surface area contributed by atoms with Gasteiger partial charge in [0.2, 0.25) is 0 Å². The van der Waals surface area contributed by atoms with Gasteiger partial charge in [-0.3, -0.25) is 4.79 Å². The number of rotatable bonds is 5. The van der Waals surface area contributed by atoms with Gasteiger partial charge in [-0.2, -0.15) is 0 Å². The number of morpholine rings is 1. The molecular weight excluding hydrogens is 304 g/mol. The van der Waals surface area contributed by atoms with Crippen LogP contribution in [-0.4, -0.2) is 41.8 Å². The molecule has 2 heterocycles. The first-order valence-corrected chi connectivity index (χ1v) is 8.55. The summed E-state index contributed by atoms with van der Waals surface area (Å²) in [6.45, 7) is 5.81. The first kappa shape index (κ1) is 16.7. The highest BCUT2D eigenvalue weighted by Crippen LogP contribution is 2.18. The fourth-order valence-corrected chi connectivity index (χ4v) is 2.87. The summed E-state index contributed by atoms with van der Waals surface area (Å²) < 4.78 is 11.1. The highest BCUT2D eigenvalue weighted by atomic mass is 16.5. The van der Waals surface area contributed by atoms with Crippen molar-refractivity contribution >= 4 is 5.91 Å². The Kier molecular flexibility index (Phi) is 5.30. The summed E-state index contributed by atoms with van der Waals surface area (Å²) in [7, 11) is 0. The molecule has 1 fully saturated rings. The minimum atomic E-state index is -0.0707. The molecule has 1 amide bonds. The third kappa shape index (κ3) is 4.03. The molecule has 0 radical (unpaired) electrons. The van der Waals surface area contributed by atoms with Crippen molar-refractivity contribution in [3.05, 3.63) is 53.4 Å². The van der Waals surface area contributed by atoms with Crippen LogP contribution in [0.15, 0.2) is 40.9 Å². The minimum absolute atomic E-state index is 0.0689. The van der Waals surface area contributed by atoms with Gasteiger partial charge in [-0.1, -0.05) is 49.3 Å². The molecule has 0 aliphatic carbocycles. The number of nitrogens with zero attached hydrogens (tertiary/aromatic N) is 2. The van der Waals surface area contributed by atoms with Crippen molar-refractivity contribution in [2.24, 2.45) is 0 Å². The lowest BCUT2D eigenvalue weighted by atomic mass is 10.1. The minimum Gasteiger partial charge on any atom is -0.375 e. The first-order valence-electron chi connectivity index (χ1n) is 8.55. The van der Waals surface area contributed by atoms with Crippen LogP contribution in [0.4, 0.5) is 0 Å². The fourth-order valence-electron chi connectivity index (χ4n) is 2.87. The quantitative estimate of drug-likeness (QED) is 0.845. The molecular formula is C19H24N2O3. The fraction of sp³-hybridized carbons (Fsp3) is 0.474. The van der Waals surface area contributed by atoms with Crippen LogP contribution >= 0.6 is 0 Å². The largest absolute Gasteiger partial charge is 0.375 e. The molecule has 1 atom stereocenters. The van der Waals surface area contributed by atoms with Crippen molar-refractivity contribution in [2.45, 2.75) is 38.7 Å². The van der Waals surface area contributed by atoms with Gasteiger partial charge in [-0.15, -0.1) is 0 Å². The van der Waals surface area contributed by atoms with Gasteiger partial charge in [0.15, 0.2) is 5.69 Å².